The van der Waals surface area contributed by atoms with Crippen LogP contribution in [0, 0.1) is 5.92 Å². The van der Waals surface area contributed by atoms with Crippen molar-refractivity contribution in [1.29, 1.82) is 0 Å². The smallest absolute Gasteiger partial charge is 0.240 e. The van der Waals surface area contributed by atoms with Gasteiger partial charge in [0.15, 0.2) is 6.79 Å². The molecule has 11 heteroatoms. The predicted molar refractivity (Wildman–Crippen MR) is 168 cm³/mol. The minimum Gasteiger partial charge on any atom is -0.397 e. The topological polar surface area (TPSA) is 149 Å². The summed E-state index contributed by atoms with van der Waals surface area (Å²) in [6.07, 6.45) is 6.45. The number of ether oxygens (including phenoxy) is 2. The van der Waals surface area contributed by atoms with Gasteiger partial charge in [0, 0.05) is 42.2 Å². The number of hydrogen-bond acceptors (Lipinski definition) is 10. The van der Waals surface area contributed by atoms with Crippen molar-refractivity contribution in [3.05, 3.63) is 72.8 Å². The monoisotopic (exact) mass is 589 g/mol. The molecule has 2 aliphatic heterocycles. The number of nitrogens with zero attached hydrogens (tertiary/aromatic N) is 2. The first-order valence-electron chi connectivity index (χ1n) is 14.1. The molecule has 2 atom stereocenters. The molecular weight excluding hydrogens is 550 g/mol. The number of aromatic nitrogens is 2. The summed E-state index contributed by atoms with van der Waals surface area (Å²) < 4.78 is 10.5. The summed E-state index contributed by atoms with van der Waals surface area (Å²) in [7, 11) is 0. The third kappa shape index (κ3) is 6.54. The van der Waals surface area contributed by atoms with E-state index in [0.29, 0.717) is 12.2 Å². The largest absolute Gasteiger partial charge is 0.397 e. The summed E-state index contributed by atoms with van der Waals surface area (Å²) in [5.41, 5.74) is 15.7. The number of benzene rings is 2. The second-order valence-electron chi connectivity index (χ2n) is 11.3. The maximum atomic E-state index is 13.0. The zero-order valence-electron chi connectivity index (χ0n) is 24.3. The van der Waals surface area contributed by atoms with Gasteiger partial charge >= 0.3 is 0 Å². The maximum absolute atomic E-state index is 13.0. The predicted octanol–water partition coefficient (Wildman–Crippen LogP) is 3.91. The molecule has 5 rings (SSSR count). The number of nitrogens with two attached hydrogens (primary N) is 2. The Kier molecular flexibility index (Phi) is 8.74. The fourth-order valence-corrected chi connectivity index (χ4v) is 5.76. The van der Waals surface area contributed by atoms with Crippen LogP contribution in [0.15, 0.2) is 67.3 Å². The molecule has 3 heterocycles. The summed E-state index contributed by atoms with van der Waals surface area (Å²) >= 11 is 1.86. The van der Waals surface area contributed by atoms with Gasteiger partial charge in [0.2, 0.25) is 18.3 Å². The van der Waals surface area contributed by atoms with Gasteiger partial charge in [-0.1, -0.05) is 44.7 Å². The highest BCUT2D eigenvalue weighted by Crippen LogP contribution is 2.52. The number of fused-ring (bicyclic) bond motifs is 1. The van der Waals surface area contributed by atoms with E-state index in [1.807, 2.05) is 50.9 Å². The average Bonchev–Trinajstić information content (AvgIpc) is 3.76. The Morgan fingerprint density at radius 2 is 1.88 bits per heavy atom. The molecule has 0 bridgehead atoms. The van der Waals surface area contributed by atoms with Crippen molar-refractivity contribution < 1.29 is 14.3 Å². The van der Waals surface area contributed by atoms with E-state index in [1.165, 1.54) is 0 Å². The summed E-state index contributed by atoms with van der Waals surface area (Å²) in [6, 6.07) is 12.3. The van der Waals surface area contributed by atoms with Crippen LogP contribution in [0.1, 0.15) is 39.2 Å². The fourth-order valence-electron chi connectivity index (χ4n) is 4.75. The molecule has 0 spiro atoms. The minimum atomic E-state index is -0.790. The molecular formula is C31H39N7O3S. The highest BCUT2D eigenvalue weighted by molar-refractivity contribution is 8.08. The van der Waals surface area contributed by atoms with Crippen molar-refractivity contribution in [1.82, 2.24) is 25.9 Å². The first kappa shape index (κ1) is 29.8. The van der Waals surface area contributed by atoms with E-state index in [9.17, 15) is 4.79 Å². The number of nitrogen functional groups attached to an aromatic ring is 1. The second kappa shape index (κ2) is 12.3. The van der Waals surface area contributed by atoms with Gasteiger partial charge in [0.25, 0.3) is 0 Å². The van der Waals surface area contributed by atoms with Crippen LogP contribution in [0.3, 0.4) is 0 Å². The normalized spacial score (nSPS) is 20.1. The quantitative estimate of drug-likeness (QED) is 0.147. The van der Waals surface area contributed by atoms with E-state index in [-0.39, 0.29) is 29.3 Å². The minimum absolute atomic E-state index is 0.0552. The number of amides is 1. The van der Waals surface area contributed by atoms with E-state index in [2.05, 4.69) is 56.8 Å². The summed E-state index contributed by atoms with van der Waals surface area (Å²) in [6.45, 7) is 11.0. The van der Waals surface area contributed by atoms with Crippen LogP contribution in [0.2, 0.25) is 0 Å². The first-order valence-corrected chi connectivity index (χ1v) is 15.0. The molecule has 7 N–H and O–H groups in total. The summed E-state index contributed by atoms with van der Waals surface area (Å²) in [5.74, 6) is 1.24. The Morgan fingerprint density at radius 3 is 2.52 bits per heavy atom. The Bertz CT molecular complexity index is 1490. The van der Waals surface area contributed by atoms with Crippen LogP contribution in [0.4, 0.5) is 5.95 Å². The van der Waals surface area contributed by atoms with Crippen molar-refractivity contribution in [3.63, 3.8) is 0 Å². The number of carbonyl (C=O) groups is 1. The Balaban J connectivity index is 1.13. The van der Waals surface area contributed by atoms with Gasteiger partial charge < -0.3 is 31.6 Å². The molecule has 222 valence electrons. The zero-order valence-corrected chi connectivity index (χ0v) is 25.1. The van der Waals surface area contributed by atoms with Crippen molar-refractivity contribution in [3.8, 4) is 11.1 Å². The van der Waals surface area contributed by atoms with Crippen molar-refractivity contribution in [2.45, 2.75) is 50.3 Å². The van der Waals surface area contributed by atoms with Crippen LogP contribution >= 0.6 is 11.8 Å². The van der Waals surface area contributed by atoms with E-state index < -0.39 is 12.0 Å². The maximum Gasteiger partial charge on any atom is 0.240 e. The van der Waals surface area contributed by atoms with Gasteiger partial charge in [-0.3, -0.25) is 10.1 Å². The highest BCUT2D eigenvalue weighted by atomic mass is 32.2. The summed E-state index contributed by atoms with van der Waals surface area (Å²) in [4.78, 5) is 21.2. The average molecular weight is 590 g/mol. The van der Waals surface area contributed by atoms with Crippen molar-refractivity contribution >= 4 is 40.1 Å². The molecule has 42 heavy (non-hydrogen) atoms. The van der Waals surface area contributed by atoms with Gasteiger partial charge in [-0.15, -0.1) is 11.8 Å². The Labute approximate surface area is 250 Å². The molecule has 10 nitrogen and oxygen atoms in total. The van der Waals surface area contributed by atoms with Crippen LogP contribution in [-0.4, -0.2) is 51.7 Å². The molecule has 3 aromatic rings. The van der Waals surface area contributed by atoms with Gasteiger partial charge in [0.1, 0.15) is 5.54 Å². The third-order valence-corrected chi connectivity index (χ3v) is 9.59. The third-order valence-electron chi connectivity index (χ3n) is 8.15. The molecule has 2 saturated heterocycles. The van der Waals surface area contributed by atoms with Gasteiger partial charge in [0.05, 0.1) is 10.4 Å². The Hall–Kier alpha value is -3.64. The number of carbonyl (C=O) groups excluding carboxylic acids is 1. The van der Waals surface area contributed by atoms with Crippen molar-refractivity contribution in [2.75, 3.05) is 24.8 Å². The standard InChI is InChI=1S/C31H39N7O3S/c1-19(2)30(4,38-29-40-18-41-29)27(39)34-11-5-10-31(17-42-31)20(3)35-16-26(32)24-9-8-21-12-23(7-6-22(21)13-24)25-14-36-28(33)37-15-25/h6-9,12-16,19,29,35,38H,3,5,10-11,17-18,32H2,1-2,4H3,(H,34,39)(H2,33,36,37)/b26-16-/t30-,31+/m1/s1. The van der Waals surface area contributed by atoms with Gasteiger partial charge in [-0.2, -0.15) is 0 Å². The van der Waals surface area contributed by atoms with Gasteiger partial charge in [-0.05, 0) is 59.7 Å². The van der Waals surface area contributed by atoms with Crippen LogP contribution < -0.4 is 27.4 Å². The van der Waals surface area contributed by atoms with E-state index >= 15 is 0 Å². The lowest BCUT2D eigenvalue weighted by Gasteiger charge is -2.39. The first-order chi connectivity index (χ1) is 20.1. The molecule has 0 radical (unpaired) electrons. The lowest BCUT2D eigenvalue weighted by Crippen LogP contribution is -2.64. The fraction of sp³-hybridized carbons (Fsp3) is 0.387. The zero-order chi connectivity index (χ0) is 29.9. The molecule has 2 aromatic carbocycles. The van der Waals surface area contributed by atoms with E-state index in [1.54, 1.807) is 12.4 Å². The number of nitrogens with one attached hydrogen (secondary N) is 3. The number of thioether (sulfide) groups is 1. The molecule has 2 aliphatic rings. The molecule has 1 amide bonds. The molecule has 2 fully saturated rings. The van der Waals surface area contributed by atoms with Crippen LogP contribution in [0.5, 0.6) is 0 Å². The van der Waals surface area contributed by atoms with Gasteiger partial charge in [-0.25, -0.2) is 9.97 Å². The lowest BCUT2D eigenvalue weighted by atomic mass is 9.87. The highest BCUT2D eigenvalue weighted by Gasteiger charge is 2.46. The van der Waals surface area contributed by atoms with E-state index in [0.717, 1.165) is 51.8 Å². The SMILES string of the molecule is C=C(N/C=C(\N)c1ccc2cc(-c3cnc(N)nc3)ccc2c1)[C@]1(CCCNC(=O)[C@](C)(NC2OCO2)C(C)C)CS1. The lowest BCUT2D eigenvalue weighted by molar-refractivity contribution is -0.339. The molecule has 0 aliphatic carbocycles. The number of hydrogen-bond donors (Lipinski definition) is 5. The Morgan fingerprint density at radius 1 is 1.19 bits per heavy atom. The molecule has 0 saturated carbocycles. The van der Waals surface area contributed by atoms with E-state index in [4.69, 9.17) is 20.9 Å². The summed E-state index contributed by atoms with van der Waals surface area (Å²) in [5, 5.41) is 11.8. The second-order valence-corrected chi connectivity index (χ2v) is 12.6. The van der Waals surface area contributed by atoms with Crippen molar-refractivity contribution in [2.24, 2.45) is 11.7 Å². The number of rotatable bonds is 13. The van der Waals surface area contributed by atoms with Crippen LogP contribution in [0.25, 0.3) is 27.6 Å². The molecule has 0 unspecified atom stereocenters. The number of anilines is 1. The molecule has 1 aromatic heterocycles. The van der Waals surface area contributed by atoms with Crippen LogP contribution in [-0.2, 0) is 14.3 Å².